The van der Waals surface area contributed by atoms with E-state index in [1.165, 1.54) is 6.21 Å². The highest BCUT2D eigenvalue weighted by Crippen LogP contribution is 2.18. The van der Waals surface area contributed by atoms with Crippen LogP contribution in [0.2, 0.25) is 5.02 Å². The van der Waals surface area contributed by atoms with Crippen molar-refractivity contribution in [2.45, 2.75) is 13.0 Å². The maximum Gasteiger partial charge on any atom is 0.280 e. The Labute approximate surface area is 139 Å². The molecular formula is C16H18ClN3O3. The Hall–Kier alpha value is -2.47. The van der Waals surface area contributed by atoms with E-state index in [-0.39, 0.29) is 5.91 Å². The van der Waals surface area contributed by atoms with Gasteiger partial charge in [-0.05, 0) is 31.2 Å². The molecule has 23 heavy (non-hydrogen) atoms. The molecule has 0 aliphatic rings. The fraction of sp³-hybridized carbons (Fsp3) is 0.250. The number of anilines is 1. The van der Waals surface area contributed by atoms with Crippen LogP contribution in [0, 0.1) is 0 Å². The zero-order chi connectivity index (χ0) is 16.8. The molecule has 2 rings (SSSR count). The number of hydrazone groups is 1. The number of hydrogen-bond acceptors (Lipinski definition) is 5. The van der Waals surface area contributed by atoms with Crippen LogP contribution in [-0.4, -0.2) is 32.3 Å². The fourth-order valence-corrected chi connectivity index (χ4v) is 1.88. The summed E-state index contributed by atoms with van der Waals surface area (Å²) in [6.07, 6.45) is 0.719. The van der Waals surface area contributed by atoms with Gasteiger partial charge in [0, 0.05) is 25.2 Å². The lowest BCUT2D eigenvalue weighted by atomic mass is 10.3. The smallest absolute Gasteiger partial charge is 0.280 e. The van der Waals surface area contributed by atoms with Crippen LogP contribution in [0.25, 0.3) is 0 Å². The number of rotatable bonds is 6. The molecule has 0 spiro atoms. The minimum atomic E-state index is -0.709. The fourth-order valence-electron chi connectivity index (χ4n) is 1.70. The van der Waals surface area contributed by atoms with Crippen LogP contribution in [0.4, 0.5) is 5.88 Å². The van der Waals surface area contributed by atoms with Crippen LogP contribution in [0.3, 0.4) is 0 Å². The summed E-state index contributed by atoms with van der Waals surface area (Å²) in [5.74, 6) is 1.39. The van der Waals surface area contributed by atoms with E-state index in [0.29, 0.717) is 22.4 Å². The highest BCUT2D eigenvalue weighted by molar-refractivity contribution is 6.30. The van der Waals surface area contributed by atoms with Crippen LogP contribution in [-0.2, 0) is 4.79 Å². The van der Waals surface area contributed by atoms with Crippen molar-refractivity contribution in [3.05, 3.63) is 47.2 Å². The third-order valence-electron chi connectivity index (χ3n) is 2.90. The zero-order valence-corrected chi connectivity index (χ0v) is 13.9. The Kier molecular flexibility index (Phi) is 5.65. The van der Waals surface area contributed by atoms with Crippen molar-refractivity contribution in [1.82, 2.24) is 5.43 Å². The molecule has 0 radical (unpaired) electrons. The van der Waals surface area contributed by atoms with E-state index in [1.54, 1.807) is 37.3 Å². The molecule has 1 aromatic carbocycles. The molecule has 1 atom stereocenters. The van der Waals surface area contributed by atoms with Gasteiger partial charge in [0.25, 0.3) is 5.91 Å². The number of carbonyl (C=O) groups excluding carboxylic acids is 1. The predicted octanol–water partition coefficient (Wildman–Crippen LogP) is 2.92. The van der Waals surface area contributed by atoms with E-state index >= 15 is 0 Å². The quantitative estimate of drug-likeness (QED) is 0.651. The molecule has 7 heteroatoms. The van der Waals surface area contributed by atoms with Crippen LogP contribution in [0.5, 0.6) is 5.75 Å². The maximum absolute atomic E-state index is 11.9. The zero-order valence-electron chi connectivity index (χ0n) is 13.1. The van der Waals surface area contributed by atoms with Crippen LogP contribution in [0.1, 0.15) is 12.7 Å². The number of furan rings is 1. The van der Waals surface area contributed by atoms with Gasteiger partial charge in [-0.3, -0.25) is 4.79 Å². The average molecular weight is 336 g/mol. The number of nitrogens with one attached hydrogen (secondary N) is 1. The Morgan fingerprint density at radius 2 is 2.17 bits per heavy atom. The van der Waals surface area contributed by atoms with Crippen LogP contribution < -0.4 is 15.1 Å². The first-order valence-corrected chi connectivity index (χ1v) is 7.36. The van der Waals surface area contributed by atoms with E-state index in [4.69, 9.17) is 20.8 Å². The standard InChI is InChI=1S/C16H18ClN3O3/c1-11(22-13-6-4-5-12(17)9-13)16(21)19-18-10-14-7-8-15(23-14)20(2)3/h4-11H,1-3H3,(H,19,21)/b18-10-/t11-/m0/s1. The first kappa shape index (κ1) is 16.9. The number of amides is 1. The van der Waals surface area contributed by atoms with Crippen LogP contribution >= 0.6 is 11.6 Å². The van der Waals surface area contributed by atoms with Crippen molar-refractivity contribution in [1.29, 1.82) is 0 Å². The van der Waals surface area contributed by atoms with Crippen molar-refractivity contribution in [3.8, 4) is 5.75 Å². The largest absolute Gasteiger partial charge is 0.481 e. The second kappa shape index (κ2) is 7.69. The molecule has 2 aromatic rings. The van der Waals surface area contributed by atoms with Crippen molar-refractivity contribution < 1.29 is 13.9 Å². The molecule has 0 unspecified atom stereocenters. The molecule has 0 bridgehead atoms. The lowest BCUT2D eigenvalue weighted by molar-refractivity contribution is -0.127. The third-order valence-corrected chi connectivity index (χ3v) is 3.13. The van der Waals surface area contributed by atoms with E-state index in [9.17, 15) is 4.79 Å². The first-order valence-electron chi connectivity index (χ1n) is 6.98. The van der Waals surface area contributed by atoms with E-state index in [2.05, 4.69) is 10.5 Å². The number of halogens is 1. The van der Waals surface area contributed by atoms with Gasteiger partial charge in [-0.1, -0.05) is 17.7 Å². The molecule has 0 saturated carbocycles. The van der Waals surface area contributed by atoms with E-state index < -0.39 is 6.10 Å². The van der Waals surface area contributed by atoms with Gasteiger partial charge in [-0.15, -0.1) is 0 Å². The molecule has 1 N–H and O–H groups in total. The molecule has 1 aromatic heterocycles. The minimum absolute atomic E-state index is 0.374. The summed E-state index contributed by atoms with van der Waals surface area (Å²) in [6.45, 7) is 1.63. The van der Waals surface area contributed by atoms with Crippen molar-refractivity contribution >= 4 is 29.6 Å². The van der Waals surface area contributed by atoms with Gasteiger partial charge in [0.2, 0.25) is 0 Å². The Morgan fingerprint density at radius 1 is 1.39 bits per heavy atom. The summed E-state index contributed by atoms with van der Waals surface area (Å²) in [7, 11) is 3.74. The van der Waals surface area contributed by atoms with Crippen molar-refractivity contribution in [3.63, 3.8) is 0 Å². The average Bonchev–Trinajstić information content (AvgIpc) is 2.96. The molecule has 0 aliphatic carbocycles. The summed E-state index contributed by atoms with van der Waals surface area (Å²) in [5, 5.41) is 4.40. The molecule has 1 heterocycles. The van der Waals surface area contributed by atoms with Gasteiger partial charge < -0.3 is 14.1 Å². The minimum Gasteiger partial charge on any atom is -0.481 e. The van der Waals surface area contributed by atoms with Gasteiger partial charge in [-0.2, -0.15) is 5.10 Å². The molecule has 6 nitrogen and oxygen atoms in total. The normalized spacial score (nSPS) is 12.2. The Bertz CT molecular complexity index is 697. The van der Waals surface area contributed by atoms with Crippen molar-refractivity contribution in [2.75, 3.05) is 19.0 Å². The monoisotopic (exact) mass is 335 g/mol. The summed E-state index contributed by atoms with van der Waals surface area (Å²) in [4.78, 5) is 13.7. The SMILES string of the molecule is C[C@H](Oc1cccc(Cl)c1)C(=O)N/N=C\c1ccc(N(C)C)o1. The number of nitrogens with zero attached hydrogens (tertiary/aromatic N) is 2. The molecule has 0 aliphatic heterocycles. The summed E-state index contributed by atoms with van der Waals surface area (Å²) >= 11 is 5.87. The Morgan fingerprint density at radius 3 is 2.83 bits per heavy atom. The molecule has 0 fully saturated rings. The molecule has 1 amide bonds. The number of hydrogen-bond donors (Lipinski definition) is 1. The highest BCUT2D eigenvalue weighted by atomic mass is 35.5. The Balaban J connectivity index is 1.86. The molecule has 0 saturated heterocycles. The highest BCUT2D eigenvalue weighted by Gasteiger charge is 2.14. The topological polar surface area (TPSA) is 67.1 Å². The van der Waals surface area contributed by atoms with Gasteiger partial charge in [0.05, 0.1) is 6.21 Å². The third kappa shape index (κ3) is 5.03. The van der Waals surface area contributed by atoms with E-state index in [0.717, 1.165) is 0 Å². The maximum atomic E-state index is 11.9. The van der Waals surface area contributed by atoms with Gasteiger partial charge >= 0.3 is 0 Å². The second-order valence-electron chi connectivity index (χ2n) is 5.02. The number of carbonyl (C=O) groups is 1. The van der Waals surface area contributed by atoms with Gasteiger partial charge in [0.15, 0.2) is 12.0 Å². The summed E-state index contributed by atoms with van der Waals surface area (Å²) in [5.41, 5.74) is 2.40. The predicted molar refractivity (Wildman–Crippen MR) is 90.3 cm³/mol. The summed E-state index contributed by atoms with van der Waals surface area (Å²) < 4.78 is 11.0. The lowest BCUT2D eigenvalue weighted by Crippen LogP contribution is -2.33. The first-order chi connectivity index (χ1) is 11.0. The number of benzene rings is 1. The summed E-state index contributed by atoms with van der Waals surface area (Å²) in [6, 6.07) is 10.4. The van der Waals surface area contributed by atoms with E-state index in [1.807, 2.05) is 25.1 Å². The van der Waals surface area contributed by atoms with Crippen LogP contribution in [0.15, 0.2) is 45.9 Å². The molecular weight excluding hydrogens is 318 g/mol. The van der Waals surface area contributed by atoms with Gasteiger partial charge in [0.1, 0.15) is 11.5 Å². The second-order valence-corrected chi connectivity index (χ2v) is 5.46. The lowest BCUT2D eigenvalue weighted by Gasteiger charge is -2.12. The molecule has 122 valence electrons. The van der Waals surface area contributed by atoms with Gasteiger partial charge in [-0.25, -0.2) is 5.43 Å². The van der Waals surface area contributed by atoms with Crippen molar-refractivity contribution in [2.24, 2.45) is 5.10 Å². The number of ether oxygens (including phenoxy) is 1.